The van der Waals surface area contributed by atoms with Crippen LogP contribution in [0.1, 0.15) is 5.56 Å². The third kappa shape index (κ3) is 2.99. The van der Waals surface area contributed by atoms with E-state index in [4.69, 9.17) is 16.3 Å². The van der Waals surface area contributed by atoms with Crippen molar-refractivity contribution >= 4 is 27.5 Å². The first kappa shape index (κ1) is 12.4. The van der Waals surface area contributed by atoms with Gasteiger partial charge in [0.1, 0.15) is 17.3 Å². The Labute approximate surface area is 112 Å². The van der Waals surface area contributed by atoms with E-state index in [1.54, 1.807) is 18.2 Å². The van der Waals surface area contributed by atoms with Gasteiger partial charge in [0.15, 0.2) is 0 Å². The summed E-state index contributed by atoms with van der Waals surface area (Å²) in [5, 5.41) is 1.24. The molecule has 4 heteroatoms. The molecule has 0 aliphatic carbocycles. The summed E-state index contributed by atoms with van der Waals surface area (Å²) in [6, 6.07) is 11.3. The van der Waals surface area contributed by atoms with Crippen molar-refractivity contribution in [1.82, 2.24) is 0 Å². The van der Waals surface area contributed by atoms with Crippen LogP contribution in [-0.4, -0.2) is 0 Å². The average Bonchev–Trinajstić information content (AvgIpc) is 2.32. The van der Waals surface area contributed by atoms with Crippen LogP contribution >= 0.6 is 27.5 Å². The minimum absolute atomic E-state index is 0.288. The number of ether oxygens (including phenoxy) is 1. The molecule has 2 rings (SSSR count). The van der Waals surface area contributed by atoms with Gasteiger partial charge < -0.3 is 4.74 Å². The van der Waals surface area contributed by atoms with E-state index in [1.807, 2.05) is 12.1 Å². The largest absolute Gasteiger partial charge is 0.457 e. The average molecular weight is 316 g/mol. The predicted octanol–water partition coefficient (Wildman–Crippen LogP) is 5.17. The van der Waals surface area contributed by atoms with Gasteiger partial charge in [-0.15, -0.1) is 0 Å². The molecule has 2 aromatic carbocycles. The van der Waals surface area contributed by atoms with Crippen molar-refractivity contribution in [3.63, 3.8) is 0 Å². The highest BCUT2D eigenvalue weighted by Gasteiger charge is 2.07. The Hall–Kier alpha value is -1.06. The van der Waals surface area contributed by atoms with Gasteiger partial charge in [0.25, 0.3) is 0 Å². The van der Waals surface area contributed by atoms with E-state index in [0.29, 0.717) is 21.9 Å². The monoisotopic (exact) mass is 314 g/mol. The number of alkyl halides is 1. The van der Waals surface area contributed by atoms with Crippen molar-refractivity contribution in [3.8, 4) is 11.5 Å². The van der Waals surface area contributed by atoms with Crippen LogP contribution in [0.5, 0.6) is 11.5 Å². The smallest absolute Gasteiger partial charge is 0.132 e. The molecule has 1 nitrogen and oxygen atoms in total. The second-order valence-electron chi connectivity index (χ2n) is 3.41. The molecule has 0 unspecified atom stereocenters. The molecular formula is C13H9BrClFO. The lowest BCUT2D eigenvalue weighted by molar-refractivity contribution is 0.476. The first-order valence-electron chi connectivity index (χ1n) is 4.97. The van der Waals surface area contributed by atoms with Crippen LogP contribution in [0.3, 0.4) is 0 Å². The van der Waals surface area contributed by atoms with Gasteiger partial charge in [-0.25, -0.2) is 4.39 Å². The predicted molar refractivity (Wildman–Crippen MR) is 70.6 cm³/mol. The van der Waals surface area contributed by atoms with Gasteiger partial charge >= 0.3 is 0 Å². The standard InChI is InChI=1S/C13H9BrClFO/c14-8-11-12(15)2-1-3-13(11)17-10-6-4-9(16)5-7-10/h1-7H,8H2. The van der Waals surface area contributed by atoms with Crippen molar-refractivity contribution in [2.24, 2.45) is 0 Å². The summed E-state index contributed by atoms with van der Waals surface area (Å²) in [7, 11) is 0. The summed E-state index contributed by atoms with van der Waals surface area (Å²) in [6.07, 6.45) is 0. The molecule has 0 fully saturated rings. The first-order valence-corrected chi connectivity index (χ1v) is 6.47. The lowest BCUT2D eigenvalue weighted by atomic mass is 10.2. The SMILES string of the molecule is Fc1ccc(Oc2cccc(Cl)c2CBr)cc1. The second kappa shape index (κ2) is 5.52. The molecule has 0 heterocycles. The number of hydrogen-bond donors (Lipinski definition) is 0. The molecular weight excluding hydrogens is 306 g/mol. The zero-order chi connectivity index (χ0) is 12.3. The molecule has 0 amide bonds. The minimum atomic E-state index is -0.288. The van der Waals surface area contributed by atoms with Crippen LogP contribution in [0.25, 0.3) is 0 Å². The normalized spacial score (nSPS) is 10.3. The molecule has 0 aliphatic heterocycles. The fourth-order valence-corrected chi connectivity index (χ4v) is 2.37. The lowest BCUT2D eigenvalue weighted by Gasteiger charge is -2.10. The summed E-state index contributed by atoms with van der Waals surface area (Å²) < 4.78 is 18.4. The van der Waals surface area contributed by atoms with Crippen LogP contribution in [-0.2, 0) is 5.33 Å². The molecule has 0 saturated carbocycles. The van der Waals surface area contributed by atoms with E-state index in [9.17, 15) is 4.39 Å². The van der Waals surface area contributed by atoms with E-state index in [0.717, 1.165) is 5.56 Å². The molecule has 17 heavy (non-hydrogen) atoms. The zero-order valence-electron chi connectivity index (χ0n) is 8.79. The fourth-order valence-electron chi connectivity index (χ4n) is 1.39. The first-order chi connectivity index (χ1) is 8.20. The van der Waals surface area contributed by atoms with Crippen LogP contribution in [0.2, 0.25) is 5.02 Å². The van der Waals surface area contributed by atoms with Gasteiger partial charge in [-0.2, -0.15) is 0 Å². The summed E-state index contributed by atoms with van der Waals surface area (Å²) in [5.74, 6) is 0.959. The van der Waals surface area contributed by atoms with Crippen LogP contribution in [0.15, 0.2) is 42.5 Å². The van der Waals surface area contributed by atoms with E-state index in [-0.39, 0.29) is 5.82 Å². The number of hydrogen-bond acceptors (Lipinski definition) is 1. The van der Waals surface area contributed by atoms with Crippen molar-refractivity contribution in [2.75, 3.05) is 0 Å². The van der Waals surface area contributed by atoms with Crippen molar-refractivity contribution in [3.05, 3.63) is 58.9 Å². The van der Waals surface area contributed by atoms with Gasteiger partial charge in [-0.3, -0.25) is 0 Å². The Kier molecular flexibility index (Phi) is 4.02. The fraction of sp³-hybridized carbons (Fsp3) is 0.0769. The maximum Gasteiger partial charge on any atom is 0.132 e. The highest BCUT2D eigenvalue weighted by Crippen LogP contribution is 2.31. The molecule has 0 radical (unpaired) electrons. The second-order valence-corrected chi connectivity index (χ2v) is 4.37. The quantitative estimate of drug-likeness (QED) is 0.710. The van der Waals surface area contributed by atoms with Crippen molar-refractivity contribution in [1.29, 1.82) is 0 Å². The summed E-state index contributed by atoms with van der Waals surface area (Å²) in [6.45, 7) is 0. The molecule has 2 aromatic rings. The maximum absolute atomic E-state index is 12.8. The Morgan fingerprint density at radius 1 is 1.12 bits per heavy atom. The minimum Gasteiger partial charge on any atom is -0.457 e. The summed E-state index contributed by atoms with van der Waals surface area (Å²) in [5.41, 5.74) is 0.874. The van der Waals surface area contributed by atoms with E-state index in [2.05, 4.69) is 15.9 Å². The Morgan fingerprint density at radius 3 is 2.47 bits per heavy atom. The molecule has 88 valence electrons. The third-order valence-corrected chi connectivity index (χ3v) is 3.17. The van der Waals surface area contributed by atoms with Crippen LogP contribution in [0.4, 0.5) is 4.39 Å². The highest BCUT2D eigenvalue weighted by molar-refractivity contribution is 9.08. The van der Waals surface area contributed by atoms with Crippen LogP contribution < -0.4 is 4.74 Å². The maximum atomic E-state index is 12.8. The number of halogens is 3. The highest BCUT2D eigenvalue weighted by atomic mass is 79.9. The lowest BCUT2D eigenvalue weighted by Crippen LogP contribution is -1.90. The van der Waals surface area contributed by atoms with Gasteiger partial charge in [-0.05, 0) is 36.4 Å². The van der Waals surface area contributed by atoms with E-state index >= 15 is 0 Å². The Bertz CT molecular complexity index is 513. The third-order valence-electron chi connectivity index (χ3n) is 2.25. The van der Waals surface area contributed by atoms with Crippen molar-refractivity contribution in [2.45, 2.75) is 5.33 Å². The molecule has 0 N–H and O–H groups in total. The topological polar surface area (TPSA) is 9.23 Å². The zero-order valence-corrected chi connectivity index (χ0v) is 11.1. The van der Waals surface area contributed by atoms with Crippen LogP contribution in [0, 0.1) is 5.82 Å². The van der Waals surface area contributed by atoms with Gasteiger partial charge in [0.05, 0.1) is 0 Å². The molecule has 0 spiro atoms. The number of rotatable bonds is 3. The summed E-state index contributed by atoms with van der Waals surface area (Å²) in [4.78, 5) is 0. The van der Waals surface area contributed by atoms with E-state index < -0.39 is 0 Å². The molecule has 0 aromatic heterocycles. The Morgan fingerprint density at radius 2 is 1.82 bits per heavy atom. The Balaban J connectivity index is 2.29. The van der Waals surface area contributed by atoms with Gasteiger partial charge in [-0.1, -0.05) is 33.6 Å². The summed E-state index contributed by atoms with van der Waals surface area (Å²) >= 11 is 9.41. The van der Waals surface area contributed by atoms with Crippen molar-refractivity contribution < 1.29 is 9.13 Å². The van der Waals surface area contributed by atoms with Gasteiger partial charge in [0, 0.05) is 15.9 Å². The molecule has 0 bridgehead atoms. The molecule has 0 aliphatic rings. The molecule has 0 saturated heterocycles. The molecule has 0 atom stereocenters. The van der Waals surface area contributed by atoms with Gasteiger partial charge in [0.2, 0.25) is 0 Å². The number of benzene rings is 2. The van der Waals surface area contributed by atoms with E-state index in [1.165, 1.54) is 12.1 Å².